The second-order valence-corrected chi connectivity index (χ2v) is 4.79. The van der Waals surface area contributed by atoms with Gasteiger partial charge in [-0.3, -0.25) is 0 Å². The Hall–Kier alpha value is -1.94. The molecule has 2 N–H and O–H groups in total. The number of benzene rings is 2. The fourth-order valence-electron chi connectivity index (χ4n) is 1.94. The van der Waals surface area contributed by atoms with E-state index in [0.29, 0.717) is 5.56 Å². The monoisotopic (exact) mass is 277 g/mol. The Bertz CT molecular complexity index is 584. The maximum Gasteiger partial charge on any atom is 0.167 e. The lowest BCUT2D eigenvalue weighted by Gasteiger charge is -2.22. The molecule has 0 spiro atoms. The molecule has 106 valence electrons. The molecule has 0 radical (unpaired) electrons. The van der Waals surface area contributed by atoms with Gasteiger partial charge in [0.2, 0.25) is 0 Å². The highest BCUT2D eigenvalue weighted by atomic mass is 19.1. The number of aryl methyl sites for hydroxylation is 1. The third kappa shape index (κ3) is 3.14. The number of ether oxygens (including phenoxy) is 1. The SMILES string of the molecule is Cc1cccc(OC(C)C(N)c2ccc(F)cc2)c1F. The smallest absolute Gasteiger partial charge is 0.167 e. The number of hydrogen-bond donors (Lipinski definition) is 1. The number of nitrogens with two attached hydrogens (primary N) is 1. The van der Waals surface area contributed by atoms with E-state index in [9.17, 15) is 8.78 Å². The summed E-state index contributed by atoms with van der Waals surface area (Å²) in [5.74, 6) is -0.528. The molecule has 0 aliphatic rings. The third-order valence-electron chi connectivity index (χ3n) is 3.23. The largest absolute Gasteiger partial charge is 0.486 e. The maximum atomic E-state index is 13.9. The van der Waals surface area contributed by atoms with Gasteiger partial charge in [-0.05, 0) is 43.2 Å². The van der Waals surface area contributed by atoms with Crippen LogP contribution in [0.5, 0.6) is 5.75 Å². The fraction of sp³-hybridized carbons (Fsp3) is 0.250. The van der Waals surface area contributed by atoms with Crippen molar-refractivity contribution in [2.45, 2.75) is 26.0 Å². The maximum absolute atomic E-state index is 13.9. The molecule has 4 heteroatoms. The Kier molecular flexibility index (Phi) is 4.35. The molecule has 0 heterocycles. The van der Waals surface area contributed by atoms with Crippen molar-refractivity contribution in [3.63, 3.8) is 0 Å². The van der Waals surface area contributed by atoms with E-state index in [1.165, 1.54) is 12.1 Å². The second kappa shape index (κ2) is 6.01. The van der Waals surface area contributed by atoms with Crippen LogP contribution in [0.25, 0.3) is 0 Å². The topological polar surface area (TPSA) is 35.2 Å². The molecule has 2 unspecified atom stereocenters. The first-order chi connectivity index (χ1) is 9.49. The lowest BCUT2D eigenvalue weighted by atomic mass is 10.0. The van der Waals surface area contributed by atoms with Gasteiger partial charge in [-0.25, -0.2) is 8.78 Å². The van der Waals surface area contributed by atoms with Crippen LogP contribution in [0, 0.1) is 18.6 Å². The van der Waals surface area contributed by atoms with Gasteiger partial charge in [0.15, 0.2) is 11.6 Å². The van der Waals surface area contributed by atoms with Crippen molar-refractivity contribution in [1.29, 1.82) is 0 Å². The molecule has 2 atom stereocenters. The van der Waals surface area contributed by atoms with Crippen LogP contribution in [-0.2, 0) is 0 Å². The summed E-state index contributed by atoms with van der Waals surface area (Å²) in [6.45, 7) is 3.43. The first-order valence-electron chi connectivity index (χ1n) is 6.42. The van der Waals surface area contributed by atoms with Gasteiger partial charge in [-0.1, -0.05) is 24.3 Å². The summed E-state index contributed by atoms with van der Waals surface area (Å²) in [6.07, 6.45) is -0.434. The van der Waals surface area contributed by atoms with Crippen LogP contribution in [0.2, 0.25) is 0 Å². The summed E-state index contributed by atoms with van der Waals surface area (Å²) in [5, 5.41) is 0. The van der Waals surface area contributed by atoms with E-state index in [0.717, 1.165) is 5.56 Å². The highest BCUT2D eigenvalue weighted by molar-refractivity contribution is 5.30. The molecule has 2 aromatic carbocycles. The Morgan fingerprint density at radius 2 is 1.70 bits per heavy atom. The second-order valence-electron chi connectivity index (χ2n) is 4.79. The highest BCUT2D eigenvalue weighted by Crippen LogP contribution is 2.24. The van der Waals surface area contributed by atoms with Crippen LogP contribution in [0.15, 0.2) is 42.5 Å². The van der Waals surface area contributed by atoms with Crippen LogP contribution < -0.4 is 10.5 Å². The van der Waals surface area contributed by atoms with E-state index in [1.807, 2.05) is 0 Å². The summed E-state index contributed by atoms with van der Waals surface area (Å²) in [7, 11) is 0. The van der Waals surface area contributed by atoms with Crippen molar-refractivity contribution in [3.8, 4) is 5.75 Å². The Morgan fingerprint density at radius 3 is 2.35 bits per heavy atom. The average Bonchev–Trinajstić information content (AvgIpc) is 2.44. The first-order valence-corrected chi connectivity index (χ1v) is 6.42. The van der Waals surface area contributed by atoms with Crippen LogP contribution in [0.4, 0.5) is 8.78 Å². The van der Waals surface area contributed by atoms with Gasteiger partial charge in [0.25, 0.3) is 0 Å². The van der Waals surface area contributed by atoms with Gasteiger partial charge in [-0.2, -0.15) is 0 Å². The van der Waals surface area contributed by atoms with Gasteiger partial charge in [-0.15, -0.1) is 0 Å². The van der Waals surface area contributed by atoms with Crippen molar-refractivity contribution >= 4 is 0 Å². The van der Waals surface area contributed by atoms with Crippen molar-refractivity contribution in [2.24, 2.45) is 5.73 Å². The van der Waals surface area contributed by atoms with Crippen molar-refractivity contribution in [1.82, 2.24) is 0 Å². The Morgan fingerprint density at radius 1 is 1.05 bits per heavy atom. The van der Waals surface area contributed by atoms with Crippen LogP contribution in [0.1, 0.15) is 24.1 Å². The lowest BCUT2D eigenvalue weighted by Crippen LogP contribution is -2.29. The van der Waals surface area contributed by atoms with Gasteiger partial charge in [0.1, 0.15) is 11.9 Å². The standard InChI is InChI=1S/C16H17F2NO/c1-10-4-3-5-14(15(10)18)20-11(2)16(19)12-6-8-13(17)9-7-12/h3-9,11,16H,19H2,1-2H3. The first kappa shape index (κ1) is 14.5. The Labute approximate surface area is 117 Å². The van der Waals surface area contributed by atoms with E-state index in [1.54, 1.807) is 44.2 Å². The minimum atomic E-state index is -0.462. The molecule has 2 aromatic rings. The van der Waals surface area contributed by atoms with E-state index in [4.69, 9.17) is 10.5 Å². The van der Waals surface area contributed by atoms with E-state index >= 15 is 0 Å². The normalized spacial score (nSPS) is 13.8. The van der Waals surface area contributed by atoms with Gasteiger partial charge in [0.05, 0.1) is 6.04 Å². The molecule has 0 saturated heterocycles. The zero-order chi connectivity index (χ0) is 14.7. The van der Waals surface area contributed by atoms with Gasteiger partial charge >= 0.3 is 0 Å². The molecule has 0 amide bonds. The summed E-state index contributed by atoms with van der Waals surface area (Å²) in [6, 6.07) is 10.4. The molecular formula is C16H17F2NO. The molecular weight excluding hydrogens is 260 g/mol. The predicted molar refractivity (Wildman–Crippen MR) is 74.6 cm³/mol. The van der Waals surface area contributed by atoms with Crippen LogP contribution in [0.3, 0.4) is 0 Å². The number of hydrogen-bond acceptors (Lipinski definition) is 2. The van der Waals surface area contributed by atoms with E-state index in [-0.39, 0.29) is 17.4 Å². The van der Waals surface area contributed by atoms with E-state index < -0.39 is 12.1 Å². The molecule has 0 aromatic heterocycles. The van der Waals surface area contributed by atoms with Crippen molar-refractivity contribution < 1.29 is 13.5 Å². The van der Waals surface area contributed by atoms with Gasteiger partial charge in [0, 0.05) is 0 Å². The summed E-state index contributed by atoms with van der Waals surface area (Å²) < 4.78 is 32.3. The predicted octanol–water partition coefficient (Wildman–Crippen LogP) is 3.74. The summed E-state index contributed by atoms with van der Waals surface area (Å²) in [5.41, 5.74) is 7.32. The van der Waals surface area contributed by atoms with Gasteiger partial charge < -0.3 is 10.5 Å². The van der Waals surface area contributed by atoms with E-state index in [2.05, 4.69) is 0 Å². The summed E-state index contributed by atoms with van der Waals surface area (Å²) >= 11 is 0. The van der Waals surface area contributed by atoms with Crippen LogP contribution in [-0.4, -0.2) is 6.10 Å². The molecule has 0 aliphatic carbocycles. The Balaban J connectivity index is 2.13. The molecule has 20 heavy (non-hydrogen) atoms. The number of halogens is 2. The lowest BCUT2D eigenvalue weighted by molar-refractivity contribution is 0.182. The molecule has 2 nitrogen and oxygen atoms in total. The highest BCUT2D eigenvalue weighted by Gasteiger charge is 2.18. The van der Waals surface area contributed by atoms with Crippen molar-refractivity contribution in [2.75, 3.05) is 0 Å². The van der Waals surface area contributed by atoms with Crippen molar-refractivity contribution in [3.05, 3.63) is 65.2 Å². The average molecular weight is 277 g/mol. The quantitative estimate of drug-likeness (QED) is 0.924. The summed E-state index contributed by atoms with van der Waals surface area (Å²) in [4.78, 5) is 0. The minimum absolute atomic E-state index is 0.176. The molecule has 0 fully saturated rings. The molecule has 0 aliphatic heterocycles. The fourth-order valence-corrected chi connectivity index (χ4v) is 1.94. The van der Waals surface area contributed by atoms with Crippen LogP contribution >= 0.6 is 0 Å². The zero-order valence-electron chi connectivity index (χ0n) is 11.4. The molecule has 0 saturated carbocycles. The third-order valence-corrected chi connectivity index (χ3v) is 3.23. The molecule has 0 bridgehead atoms. The molecule has 2 rings (SSSR count). The zero-order valence-corrected chi connectivity index (χ0v) is 11.4. The minimum Gasteiger partial charge on any atom is -0.486 e. The number of rotatable bonds is 4.